The Labute approximate surface area is 139 Å². The normalized spacial score (nSPS) is 13.7. The van der Waals surface area contributed by atoms with Crippen molar-refractivity contribution in [3.8, 4) is 5.75 Å². The molecule has 24 heavy (non-hydrogen) atoms. The van der Waals surface area contributed by atoms with Gasteiger partial charge in [0.2, 0.25) is 0 Å². The van der Waals surface area contributed by atoms with E-state index in [1.54, 1.807) is 28.0 Å². The Morgan fingerprint density at radius 1 is 1.04 bits per heavy atom. The van der Waals surface area contributed by atoms with Crippen LogP contribution in [0.15, 0.2) is 60.9 Å². The number of ether oxygens (including phenoxy) is 1. The Balaban J connectivity index is 1.52. The fraction of sp³-hybridized carbons (Fsp3) is 0.167. The molecule has 0 spiro atoms. The molecule has 0 aliphatic carbocycles. The summed E-state index contributed by atoms with van der Waals surface area (Å²) in [6.07, 6.45) is 3.38. The van der Waals surface area contributed by atoms with E-state index in [-0.39, 0.29) is 5.91 Å². The Morgan fingerprint density at radius 3 is 2.62 bits per heavy atom. The molecular formula is C18H16N4O2. The summed E-state index contributed by atoms with van der Waals surface area (Å²) in [6, 6.07) is 15.0. The lowest BCUT2D eigenvalue weighted by Crippen LogP contribution is -2.40. The van der Waals surface area contributed by atoms with Gasteiger partial charge < -0.3 is 9.64 Å². The summed E-state index contributed by atoms with van der Waals surface area (Å²) < 4.78 is 7.46. The second kappa shape index (κ2) is 6.16. The van der Waals surface area contributed by atoms with Crippen molar-refractivity contribution in [1.82, 2.24) is 14.8 Å². The molecule has 2 aromatic heterocycles. The van der Waals surface area contributed by atoms with Gasteiger partial charge in [-0.3, -0.25) is 14.5 Å². The first-order valence-electron chi connectivity index (χ1n) is 7.78. The van der Waals surface area contributed by atoms with Gasteiger partial charge in [0, 0.05) is 24.6 Å². The lowest BCUT2D eigenvalue weighted by molar-refractivity contribution is 0.0962. The molecule has 120 valence electrons. The zero-order valence-corrected chi connectivity index (χ0v) is 13.0. The average molecular weight is 320 g/mol. The van der Waals surface area contributed by atoms with Gasteiger partial charge in [-0.2, -0.15) is 5.10 Å². The van der Waals surface area contributed by atoms with Crippen LogP contribution in [0, 0.1) is 0 Å². The Morgan fingerprint density at radius 2 is 1.83 bits per heavy atom. The van der Waals surface area contributed by atoms with E-state index in [4.69, 9.17) is 4.74 Å². The van der Waals surface area contributed by atoms with Gasteiger partial charge in [0.05, 0.1) is 6.54 Å². The van der Waals surface area contributed by atoms with E-state index < -0.39 is 0 Å². The fourth-order valence-corrected chi connectivity index (χ4v) is 2.76. The number of carbonyl (C=O) groups is 1. The SMILES string of the molecule is O=C1c2cc(COc3ccccc3)nn2CCN1c1ccncc1. The number of aromatic nitrogens is 3. The van der Waals surface area contributed by atoms with Gasteiger partial charge in [0.15, 0.2) is 0 Å². The molecule has 3 heterocycles. The predicted molar refractivity (Wildman–Crippen MR) is 88.9 cm³/mol. The topological polar surface area (TPSA) is 60.2 Å². The smallest absolute Gasteiger partial charge is 0.276 e. The van der Waals surface area contributed by atoms with Crippen molar-refractivity contribution in [2.75, 3.05) is 11.4 Å². The van der Waals surface area contributed by atoms with Crippen molar-refractivity contribution in [2.45, 2.75) is 13.2 Å². The monoisotopic (exact) mass is 320 g/mol. The van der Waals surface area contributed by atoms with E-state index >= 15 is 0 Å². The molecule has 0 saturated carbocycles. The molecule has 1 aliphatic rings. The highest BCUT2D eigenvalue weighted by Crippen LogP contribution is 2.21. The molecule has 0 N–H and O–H groups in total. The van der Waals surface area contributed by atoms with Gasteiger partial charge in [0.25, 0.3) is 5.91 Å². The van der Waals surface area contributed by atoms with Gasteiger partial charge >= 0.3 is 0 Å². The summed E-state index contributed by atoms with van der Waals surface area (Å²) in [5.74, 6) is 0.735. The van der Waals surface area contributed by atoms with Gasteiger partial charge in [-0.25, -0.2) is 0 Å². The summed E-state index contributed by atoms with van der Waals surface area (Å²) >= 11 is 0. The summed E-state index contributed by atoms with van der Waals surface area (Å²) in [6.45, 7) is 1.60. The maximum absolute atomic E-state index is 12.7. The highest BCUT2D eigenvalue weighted by molar-refractivity contribution is 6.05. The van der Waals surface area contributed by atoms with E-state index in [0.29, 0.717) is 25.4 Å². The quantitative estimate of drug-likeness (QED) is 0.741. The maximum Gasteiger partial charge on any atom is 0.276 e. The van der Waals surface area contributed by atoms with Crippen molar-refractivity contribution in [3.05, 3.63) is 72.3 Å². The van der Waals surface area contributed by atoms with E-state index in [2.05, 4.69) is 10.1 Å². The van der Waals surface area contributed by atoms with Crippen molar-refractivity contribution >= 4 is 11.6 Å². The third kappa shape index (κ3) is 2.74. The molecule has 0 unspecified atom stereocenters. The summed E-state index contributed by atoms with van der Waals surface area (Å²) in [7, 11) is 0. The van der Waals surface area contributed by atoms with Crippen LogP contribution in [0.3, 0.4) is 0 Å². The van der Waals surface area contributed by atoms with E-state index in [9.17, 15) is 4.79 Å². The zero-order valence-electron chi connectivity index (χ0n) is 13.0. The van der Waals surface area contributed by atoms with E-state index in [0.717, 1.165) is 17.1 Å². The third-order valence-electron chi connectivity index (χ3n) is 3.93. The van der Waals surface area contributed by atoms with Crippen LogP contribution in [-0.2, 0) is 13.2 Å². The van der Waals surface area contributed by atoms with Crippen LogP contribution in [0.5, 0.6) is 5.75 Å². The number of pyridine rings is 1. The minimum Gasteiger partial charge on any atom is -0.487 e. The molecule has 3 aromatic rings. The number of hydrogen-bond acceptors (Lipinski definition) is 4. The first-order valence-corrected chi connectivity index (χ1v) is 7.78. The summed E-state index contributed by atoms with van der Waals surface area (Å²) in [4.78, 5) is 18.5. The first-order chi connectivity index (χ1) is 11.8. The number of amides is 1. The van der Waals surface area contributed by atoms with Crippen LogP contribution in [0.4, 0.5) is 5.69 Å². The van der Waals surface area contributed by atoms with Gasteiger partial charge in [0.1, 0.15) is 23.7 Å². The minimum atomic E-state index is -0.0501. The fourth-order valence-electron chi connectivity index (χ4n) is 2.76. The molecule has 6 heteroatoms. The number of hydrogen-bond donors (Lipinski definition) is 0. The Hall–Kier alpha value is -3.15. The molecule has 4 rings (SSSR count). The van der Waals surface area contributed by atoms with Crippen molar-refractivity contribution in [1.29, 1.82) is 0 Å². The molecule has 6 nitrogen and oxygen atoms in total. The maximum atomic E-state index is 12.7. The predicted octanol–water partition coefficient (Wildman–Crippen LogP) is 2.52. The molecule has 0 atom stereocenters. The standard InChI is InChI=1S/C18H16N4O2/c23-18-17-12-14(13-24-16-4-2-1-3-5-16)20-22(17)11-10-21(18)15-6-8-19-9-7-15/h1-9,12H,10-11,13H2. The number of carbonyl (C=O) groups excluding carboxylic acids is 1. The lowest BCUT2D eigenvalue weighted by Gasteiger charge is -2.27. The largest absolute Gasteiger partial charge is 0.487 e. The number of rotatable bonds is 4. The van der Waals surface area contributed by atoms with Gasteiger partial charge in [-0.1, -0.05) is 18.2 Å². The third-order valence-corrected chi connectivity index (χ3v) is 3.93. The van der Waals surface area contributed by atoms with Crippen LogP contribution >= 0.6 is 0 Å². The minimum absolute atomic E-state index is 0.0501. The zero-order chi connectivity index (χ0) is 16.4. The molecule has 1 aliphatic heterocycles. The summed E-state index contributed by atoms with van der Waals surface area (Å²) in [5, 5.41) is 4.48. The van der Waals surface area contributed by atoms with Gasteiger partial charge in [-0.15, -0.1) is 0 Å². The van der Waals surface area contributed by atoms with E-state index in [1.165, 1.54) is 0 Å². The van der Waals surface area contributed by atoms with E-state index in [1.807, 2.05) is 42.5 Å². The van der Waals surface area contributed by atoms with Crippen LogP contribution in [0.1, 0.15) is 16.2 Å². The van der Waals surface area contributed by atoms with Crippen LogP contribution in [-0.4, -0.2) is 27.2 Å². The van der Waals surface area contributed by atoms with Crippen LogP contribution in [0.2, 0.25) is 0 Å². The lowest BCUT2D eigenvalue weighted by atomic mass is 10.2. The van der Waals surface area contributed by atoms with Crippen molar-refractivity contribution in [3.63, 3.8) is 0 Å². The first kappa shape index (κ1) is 14.4. The second-order valence-electron chi connectivity index (χ2n) is 5.51. The Bertz CT molecular complexity index is 846. The number of anilines is 1. The van der Waals surface area contributed by atoms with Crippen molar-refractivity contribution < 1.29 is 9.53 Å². The van der Waals surface area contributed by atoms with Gasteiger partial charge in [-0.05, 0) is 30.3 Å². The number of fused-ring (bicyclic) bond motifs is 1. The van der Waals surface area contributed by atoms with Crippen molar-refractivity contribution in [2.24, 2.45) is 0 Å². The molecule has 0 saturated heterocycles. The number of benzene rings is 1. The second-order valence-corrected chi connectivity index (χ2v) is 5.51. The van der Waals surface area contributed by atoms with Crippen LogP contribution in [0.25, 0.3) is 0 Å². The van der Waals surface area contributed by atoms with Crippen LogP contribution < -0.4 is 9.64 Å². The average Bonchev–Trinajstić information content (AvgIpc) is 3.06. The molecule has 1 aromatic carbocycles. The molecule has 0 bridgehead atoms. The number of para-hydroxylation sites is 1. The molecule has 0 fully saturated rings. The Kier molecular flexibility index (Phi) is 3.70. The molecular weight excluding hydrogens is 304 g/mol. The summed E-state index contributed by atoms with van der Waals surface area (Å²) in [5.41, 5.74) is 2.19. The number of nitrogens with zero attached hydrogens (tertiary/aromatic N) is 4. The molecule has 0 radical (unpaired) electrons. The highest BCUT2D eigenvalue weighted by Gasteiger charge is 2.27. The highest BCUT2D eigenvalue weighted by atomic mass is 16.5. The molecule has 1 amide bonds.